The summed E-state index contributed by atoms with van der Waals surface area (Å²) in [6, 6.07) is 0. The summed E-state index contributed by atoms with van der Waals surface area (Å²) in [5.74, 6) is -5.40. The fourth-order valence-corrected chi connectivity index (χ4v) is 5.86. The highest BCUT2D eigenvalue weighted by atomic mass is 16.8. The molecule has 0 aromatic heterocycles. The predicted octanol–water partition coefficient (Wildman–Crippen LogP) is 1.55. The number of fused-ring (bicyclic) bond motifs is 1. The number of ether oxygens (including phenoxy) is 4. The van der Waals surface area contributed by atoms with Crippen molar-refractivity contribution < 1.29 is 43.2 Å². The topological polar surface area (TPSA) is 137 Å². The van der Waals surface area contributed by atoms with Gasteiger partial charge in [0, 0.05) is 17.8 Å². The Morgan fingerprint density at radius 2 is 1.89 bits per heavy atom. The molecule has 0 aliphatic carbocycles. The maximum absolute atomic E-state index is 13.2. The van der Waals surface area contributed by atoms with Crippen molar-refractivity contribution in [2.24, 2.45) is 23.7 Å². The molecule has 9 unspecified atom stereocenters. The number of rotatable bonds is 5. The van der Waals surface area contributed by atoms with Crippen LogP contribution in [0.25, 0.3) is 0 Å². The van der Waals surface area contributed by atoms with E-state index >= 15 is 0 Å². The third-order valence-corrected chi connectivity index (χ3v) is 7.65. The molecule has 1 spiro atoms. The van der Waals surface area contributed by atoms with Crippen LogP contribution in [0.1, 0.15) is 34.6 Å². The Bertz CT molecular complexity index is 1060. The number of aliphatic hydroxyl groups is 1. The minimum Gasteiger partial charge on any atom is -0.507 e. The summed E-state index contributed by atoms with van der Waals surface area (Å²) in [7, 11) is 1.30. The summed E-state index contributed by atoms with van der Waals surface area (Å²) >= 11 is 0. The highest BCUT2D eigenvalue weighted by Crippen LogP contribution is 2.53. The first-order valence-corrected chi connectivity index (χ1v) is 12.2. The van der Waals surface area contributed by atoms with Crippen molar-refractivity contribution in [2.45, 2.75) is 64.8 Å². The van der Waals surface area contributed by atoms with Crippen LogP contribution in [0.2, 0.25) is 0 Å². The number of Topliss-reactive ketones (excluding diaryl/α,β-unsaturated/α-hetero) is 2. The number of nitrogens with one attached hydrogen (secondary N) is 1. The zero-order valence-corrected chi connectivity index (χ0v) is 21.3. The highest BCUT2D eigenvalue weighted by Gasteiger charge is 2.71. The van der Waals surface area contributed by atoms with Crippen LogP contribution < -0.4 is 5.32 Å². The summed E-state index contributed by atoms with van der Waals surface area (Å²) in [6.07, 6.45) is 2.25. The van der Waals surface area contributed by atoms with Crippen LogP contribution in [0, 0.1) is 23.7 Å². The van der Waals surface area contributed by atoms with Crippen LogP contribution in [0.15, 0.2) is 35.1 Å². The fraction of sp³-hybridized carbons (Fsp3) is 0.615. The molecule has 4 rings (SSSR count). The number of ketones is 2. The fourth-order valence-electron chi connectivity index (χ4n) is 5.86. The van der Waals surface area contributed by atoms with Crippen molar-refractivity contribution in [3.63, 3.8) is 0 Å². The van der Waals surface area contributed by atoms with Gasteiger partial charge in [-0.1, -0.05) is 38.5 Å². The number of esters is 1. The molecule has 196 valence electrons. The molecule has 2 N–H and O–H groups in total. The zero-order chi connectivity index (χ0) is 26.5. The maximum Gasteiger partial charge on any atom is 0.316 e. The highest BCUT2D eigenvalue weighted by molar-refractivity contribution is 6.25. The quantitative estimate of drug-likeness (QED) is 0.188. The number of allylic oxidation sites excluding steroid dienone is 3. The molecule has 4 saturated heterocycles. The van der Waals surface area contributed by atoms with E-state index in [2.05, 4.69) is 5.32 Å². The van der Waals surface area contributed by atoms with Gasteiger partial charge in [0.05, 0.1) is 25.9 Å². The van der Waals surface area contributed by atoms with E-state index in [1.165, 1.54) is 13.2 Å². The molecule has 0 radical (unpaired) electrons. The van der Waals surface area contributed by atoms with E-state index in [0.717, 1.165) is 5.57 Å². The lowest BCUT2D eigenvalue weighted by Gasteiger charge is -2.54. The number of hydrogen-bond acceptors (Lipinski definition) is 9. The normalized spacial score (nSPS) is 40.8. The van der Waals surface area contributed by atoms with Gasteiger partial charge in [0.2, 0.25) is 5.79 Å². The van der Waals surface area contributed by atoms with Crippen molar-refractivity contribution in [1.82, 2.24) is 5.32 Å². The van der Waals surface area contributed by atoms with E-state index in [1.54, 1.807) is 26.8 Å². The Morgan fingerprint density at radius 3 is 2.50 bits per heavy atom. The van der Waals surface area contributed by atoms with Gasteiger partial charge in [-0.25, -0.2) is 0 Å². The first-order chi connectivity index (χ1) is 16.9. The molecule has 0 aromatic rings. The largest absolute Gasteiger partial charge is 0.507 e. The molecule has 1 amide bonds. The molecule has 9 atom stereocenters. The number of hydrogen-bond donors (Lipinski definition) is 2. The van der Waals surface area contributed by atoms with Crippen LogP contribution in [-0.4, -0.2) is 72.4 Å². The van der Waals surface area contributed by atoms with E-state index in [4.69, 9.17) is 18.9 Å². The van der Waals surface area contributed by atoms with Gasteiger partial charge >= 0.3 is 5.97 Å². The van der Waals surface area contributed by atoms with Crippen molar-refractivity contribution >= 4 is 23.4 Å². The van der Waals surface area contributed by atoms with Crippen LogP contribution in [0.3, 0.4) is 0 Å². The van der Waals surface area contributed by atoms with Gasteiger partial charge in [-0.2, -0.15) is 0 Å². The molecular weight excluding hydrogens is 470 g/mol. The smallest absolute Gasteiger partial charge is 0.316 e. The summed E-state index contributed by atoms with van der Waals surface area (Å²) < 4.78 is 23.9. The second-order valence-electron chi connectivity index (χ2n) is 10.1. The summed E-state index contributed by atoms with van der Waals surface area (Å²) in [5.41, 5.74) is 0.477. The molecule has 0 aromatic carbocycles. The van der Waals surface area contributed by atoms with E-state index < -0.39 is 65.5 Å². The predicted molar refractivity (Wildman–Crippen MR) is 125 cm³/mol. The lowest BCUT2D eigenvalue weighted by molar-refractivity contribution is -0.373. The van der Waals surface area contributed by atoms with Crippen LogP contribution in [0.5, 0.6) is 0 Å². The van der Waals surface area contributed by atoms with E-state index in [0.29, 0.717) is 0 Å². The second kappa shape index (κ2) is 9.57. The van der Waals surface area contributed by atoms with Gasteiger partial charge < -0.3 is 29.4 Å². The molecule has 0 saturated carbocycles. The van der Waals surface area contributed by atoms with Crippen LogP contribution in [-0.2, 0) is 38.1 Å². The van der Waals surface area contributed by atoms with E-state index in [-0.39, 0.29) is 29.7 Å². The molecule has 10 nitrogen and oxygen atoms in total. The standard InChI is InChI=1S/C26H33NO9/c1-11(7-8-16(28)18-17(29)10-27-24(18)31)9-12(2)21-14(4)22-20(30)13(3)23-26(35-21,36-22)19(15(5)34-23)25(32)33-6/h7-9,12-15,19,21-23,28H,10H2,1-6H3,(H,27,31). The van der Waals surface area contributed by atoms with Crippen LogP contribution >= 0.6 is 0 Å². The average Bonchev–Trinajstić information content (AvgIpc) is 3.32. The Labute approximate surface area is 209 Å². The van der Waals surface area contributed by atoms with Crippen LogP contribution in [0.4, 0.5) is 0 Å². The number of carbonyl (C=O) groups excluding carboxylic acids is 4. The second-order valence-corrected chi connectivity index (χ2v) is 10.1. The van der Waals surface area contributed by atoms with Gasteiger partial charge in [-0.05, 0) is 19.9 Å². The van der Waals surface area contributed by atoms with Crippen molar-refractivity contribution in [2.75, 3.05) is 13.7 Å². The maximum atomic E-state index is 13.2. The lowest BCUT2D eigenvalue weighted by atomic mass is 9.74. The molecule has 10 heteroatoms. The lowest BCUT2D eigenvalue weighted by Crippen LogP contribution is -2.70. The van der Waals surface area contributed by atoms with Crippen molar-refractivity contribution in [3.8, 4) is 0 Å². The third kappa shape index (κ3) is 4.10. The van der Waals surface area contributed by atoms with Gasteiger partial charge in [0.15, 0.2) is 11.6 Å². The van der Waals surface area contributed by atoms with Crippen molar-refractivity contribution in [1.29, 1.82) is 0 Å². The van der Waals surface area contributed by atoms with E-state index in [9.17, 15) is 24.3 Å². The molecule has 2 bridgehead atoms. The summed E-state index contributed by atoms with van der Waals surface area (Å²) in [4.78, 5) is 49.5. The minimum atomic E-state index is -1.44. The molecule has 4 aliphatic rings. The Kier molecular flexibility index (Phi) is 6.98. The Morgan fingerprint density at radius 1 is 1.19 bits per heavy atom. The van der Waals surface area contributed by atoms with Gasteiger partial charge in [-0.3, -0.25) is 19.2 Å². The summed E-state index contributed by atoms with van der Waals surface area (Å²) in [5, 5.41) is 12.6. The van der Waals surface area contributed by atoms with Gasteiger partial charge in [-0.15, -0.1) is 0 Å². The number of aliphatic hydroxyl groups excluding tert-OH is 1. The molecule has 4 aliphatic heterocycles. The number of methoxy groups -OCH3 is 1. The van der Waals surface area contributed by atoms with E-state index in [1.807, 2.05) is 19.9 Å². The van der Waals surface area contributed by atoms with Crippen molar-refractivity contribution in [3.05, 3.63) is 35.1 Å². The summed E-state index contributed by atoms with van der Waals surface area (Å²) in [6.45, 7) is 9.00. The number of amides is 1. The first kappa shape index (κ1) is 26.2. The van der Waals surface area contributed by atoms with Gasteiger partial charge in [0.25, 0.3) is 5.91 Å². The molecule has 4 fully saturated rings. The SMILES string of the molecule is COC(=O)C1C(C)OC2C(C)C(=O)C3OC21OC(C(C)C=C(C)C=CC(O)=C1C(=O)CNC1=O)C3C. The Hall–Kier alpha value is -2.82. The molecule has 4 heterocycles. The number of carbonyl (C=O) groups is 4. The minimum absolute atomic E-state index is 0.0852. The average molecular weight is 504 g/mol. The molecular formula is C26H33NO9. The monoisotopic (exact) mass is 503 g/mol. The molecule has 36 heavy (non-hydrogen) atoms. The zero-order valence-electron chi connectivity index (χ0n) is 21.3. The first-order valence-electron chi connectivity index (χ1n) is 12.2. The van der Waals surface area contributed by atoms with Gasteiger partial charge in [0.1, 0.15) is 29.5 Å². The Balaban J connectivity index is 1.62. The third-order valence-electron chi connectivity index (χ3n) is 7.65.